The highest BCUT2D eigenvalue weighted by atomic mass is 16.5. The lowest BCUT2D eigenvalue weighted by atomic mass is 10.2. The largest absolute Gasteiger partial charge is 0.488 e. The topological polar surface area (TPSA) is 55.2 Å². The lowest BCUT2D eigenvalue weighted by molar-refractivity contribution is 0.200. The molecule has 4 heteroatoms. The van der Waals surface area contributed by atoms with Gasteiger partial charge in [0.25, 0.3) is 0 Å². The maximum absolute atomic E-state index is 8.50. The Morgan fingerprint density at radius 1 is 1.38 bits per heavy atom. The molecule has 1 aromatic heterocycles. The van der Waals surface area contributed by atoms with Crippen LogP contribution in [0.5, 0.6) is 5.75 Å². The Balaban J connectivity index is 2.59. The smallest absolute Gasteiger partial charge is 0.156 e. The Bertz CT molecular complexity index is 246. The van der Waals surface area contributed by atoms with E-state index in [1.807, 2.05) is 13.8 Å². The molecule has 0 bridgehead atoms. The first kappa shape index (κ1) is 9.92. The van der Waals surface area contributed by atoms with Gasteiger partial charge in [0.15, 0.2) is 5.75 Å². The van der Waals surface area contributed by atoms with Crippen LogP contribution in [0.15, 0.2) is 12.4 Å². The van der Waals surface area contributed by atoms with E-state index in [0.29, 0.717) is 11.7 Å². The Labute approximate surface area is 77.6 Å². The van der Waals surface area contributed by atoms with Crippen LogP contribution >= 0.6 is 0 Å². The van der Waals surface area contributed by atoms with Crippen molar-refractivity contribution in [2.24, 2.45) is 0 Å². The van der Waals surface area contributed by atoms with Crippen LogP contribution in [0.4, 0.5) is 0 Å². The average Bonchev–Trinajstić information content (AvgIpc) is 2.15. The molecule has 72 valence electrons. The molecule has 1 aromatic rings. The van der Waals surface area contributed by atoms with Crippen LogP contribution in [-0.4, -0.2) is 28.3 Å². The van der Waals surface area contributed by atoms with E-state index in [2.05, 4.69) is 9.97 Å². The van der Waals surface area contributed by atoms with Gasteiger partial charge in [-0.25, -0.2) is 9.97 Å². The number of rotatable bonds is 4. The van der Waals surface area contributed by atoms with Crippen LogP contribution < -0.4 is 4.74 Å². The van der Waals surface area contributed by atoms with Crippen molar-refractivity contribution in [1.29, 1.82) is 0 Å². The molecule has 0 saturated carbocycles. The molecular weight excluding hydrogens is 168 g/mol. The molecule has 0 amide bonds. The van der Waals surface area contributed by atoms with Crippen LogP contribution in [0.25, 0.3) is 0 Å². The van der Waals surface area contributed by atoms with Gasteiger partial charge in [-0.2, -0.15) is 0 Å². The quantitative estimate of drug-likeness (QED) is 0.753. The Hall–Kier alpha value is -1.16. The highest BCUT2D eigenvalue weighted by molar-refractivity contribution is 5.13. The van der Waals surface area contributed by atoms with Gasteiger partial charge in [-0.1, -0.05) is 13.8 Å². The molecule has 4 nitrogen and oxygen atoms in total. The molecule has 1 rings (SSSR count). The fraction of sp³-hybridized carbons (Fsp3) is 0.556. The number of hydrogen-bond donors (Lipinski definition) is 1. The summed E-state index contributed by atoms with van der Waals surface area (Å²) >= 11 is 0. The molecule has 1 N–H and O–H groups in total. The maximum atomic E-state index is 8.50. The van der Waals surface area contributed by atoms with E-state index in [-0.39, 0.29) is 13.2 Å². The van der Waals surface area contributed by atoms with Crippen LogP contribution in [0.2, 0.25) is 0 Å². The van der Waals surface area contributed by atoms with Crippen LogP contribution in [0.3, 0.4) is 0 Å². The lowest BCUT2D eigenvalue weighted by Gasteiger charge is -2.05. The fourth-order valence-corrected chi connectivity index (χ4v) is 0.862. The second-order valence-corrected chi connectivity index (χ2v) is 3.00. The molecule has 0 spiro atoms. The summed E-state index contributed by atoms with van der Waals surface area (Å²) in [5, 5.41) is 8.50. The first-order valence-corrected chi connectivity index (χ1v) is 4.29. The van der Waals surface area contributed by atoms with Gasteiger partial charge in [0.2, 0.25) is 0 Å². The van der Waals surface area contributed by atoms with Gasteiger partial charge < -0.3 is 9.84 Å². The number of aromatic nitrogens is 2. The molecule has 0 aromatic carbocycles. The van der Waals surface area contributed by atoms with Crippen LogP contribution in [0.1, 0.15) is 25.6 Å². The Morgan fingerprint density at radius 3 is 2.46 bits per heavy atom. The number of nitrogens with zero attached hydrogens (tertiary/aromatic N) is 2. The van der Waals surface area contributed by atoms with E-state index in [4.69, 9.17) is 9.84 Å². The predicted molar refractivity (Wildman–Crippen MR) is 48.7 cm³/mol. The minimum Gasteiger partial charge on any atom is -0.488 e. The molecule has 0 radical (unpaired) electrons. The molecular formula is C9H14N2O2. The molecule has 0 aliphatic heterocycles. The minimum atomic E-state index is 0.00588. The van der Waals surface area contributed by atoms with Crippen molar-refractivity contribution in [2.45, 2.75) is 19.8 Å². The Kier molecular flexibility index (Phi) is 3.64. The van der Waals surface area contributed by atoms with E-state index in [1.54, 1.807) is 12.4 Å². The van der Waals surface area contributed by atoms with Crippen molar-refractivity contribution in [3.8, 4) is 5.75 Å². The second kappa shape index (κ2) is 4.77. The third-order valence-corrected chi connectivity index (χ3v) is 1.52. The minimum absolute atomic E-state index is 0.00588. The third-order valence-electron chi connectivity index (χ3n) is 1.52. The first-order chi connectivity index (χ1) is 6.24. The van der Waals surface area contributed by atoms with Crippen molar-refractivity contribution >= 4 is 0 Å². The average molecular weight is 182 g/mol. The van der Waals surface area contributed by atoms with Crippen molar-refractivity contribution in [2.75, 3.05) is 13.2 Å². The van der Waals surface area contributed by atoms with E-state index in [1.165, 1.54) is 0 Å². The van der Waals surface area contributed by atoms with Crippen molar-refractivity contribution < 1.29 is 9.84 Å². The van der Waals surface area contributed by atoms with Gasteiger partial charge in [0.1, 0.15) is 12.4 Å². The zero-order chi connectivity index (χ0) is 9.68. The number of ether oxygens (including phenoxy) is 1. The predicted octanol–water partition coefficient (Wildman–Crippen LogP) is 0.971. The molecule has 0 aliphatic carbocycles. The van der Waals surface area contributed by atoms with Gasteiger partial charge in [-0.05, 0) is 0 Å². The van der Waals surface area contributed by atoms with E-state index < -0.39 is 0 Å². The second-order valence-electron chi connectivity index (χ2n) is 3.00. The monoisotopic (exact) mass is 182 g/mol. The number of aliphatic hydroxyl groups is 1. The lowest BCUT2D eigenvalue weighted by Crippen LogP contribution is -2.03. The van der Waals surface area contributed by atoms with Gasteiger partial charge in [0.05, 0.1) is 19.0 Å². The highest BCUT2D eigenvalue weighted by Crippen LogP contribution is 2.11. The maximum Gasteiger partial charge on any atom is 0.156 e. The summed E-state index contributed by atoms with van der Waals surface area (Å²) < 4.78 is 5.11. The molecule has 0 aliphatic rings. The van der Waals surface area contributed by atoms with E-state index in [0.717, 1.165) is 5.82 Å². The molecule has 0 saturated heterocycles. The normalized spacial score (nSPS) is 10.5. The summed E-state index contributed by atoms with van der Waals surface area (Å²) in [6.45, 7) is 4.35. The SMILES string of the molecule is CC(C)c1ncc(OCCO)cn1. The fourth-order valence-electron chi connectivity index (χ4n) is 0.862. The molecule has 0 atom stereocenters. The van der Waals surface area contributed by atoms with Gasteiger partial charge in [-0.3, -0.25) is 0 Å². The van der Waals surface area contributed by atoms with E-state index >= 15 is 0 Å². The van der Waals surface area contributed by atoms with Crippen LogP contribution in [-0.2, 0) is 0 Å². The Morgan fingerprint density at radius 2 is 2.00 bits per heavy atom. The number of hydrogen-bond acceptors (Lipinski definition) is 4. The summed E-state index contributed by atoms with van der Waals surface area (Å²) in [6, 6.07) is 0. The molecule has 1 heterocycles. The molecule has 0 unspecified atom stereocenters. The zero-order valence-electron chi connectivity index (χ0n) is 7.90. The summed E-state index contributed by atoms with van der Waals surface area (Å²) in [6.07, 6.45) is 3.25. The summed E-state index contributed by atoms with van der Waals surface area (Å²) in [5.74, 6) is 1.72. The molecule has 0 fully saturated rings. The van der Waals surface area contributed by atoms with Gasteiger partial charge in [-0.15, -0.1) is 0 Å². The summed E-state index contributed by atoms with van der Waals surface area (Å²) in [7, 11) is 0. The number of aliphatic hydroxyl groups excluding tert-OH is 1. The highest BCUT2D eigenvalue weighted by Gasteiger charge is 2.01. The van der Waals surface area contributed by atoms with Crippen molar-refractivity contribution in [3.05, 3.63) is 18.2 Å². The van der Waals surface area contributed by atoms with Crippen LogP contribution in [0, 0.1) is 0 Å². The zero-order valence-corrected chi connectivity index (χ0v) is 7.90. The van der Waals surface area contributed by atoms with Gasteiger partial charge in [0, 0.05) is 5.92 Å². The van der Waals surface area contributed by atoms with E-state index in [9.17, 15) is 0 Å². The molecule has 13 heavy (non-hydrogen) atoms. The first-order valence-electron chi connectivity index (χ1n) is 4.29. The summed E-state index contributed by atoms with van der Waals surface area (Å²) in [4.78, 5) is 8.23. The third kappa shape index (κ3) is 2.99. The van der Waals surface area contributed by atoms with Crippen molar-refractivity contribution in [1.82, 2.24) is 9.97 Å². The summed E-state index contributed by atoms with van der Waals surface area (Å²) in [5.41, 5.74) is 0. The van der Waals surface area contributed by atoms with Gasteiger partial charge >= 0.3 is 0 Å². The van der Waals surface area contributed by atoms with Crippen molar-refractivity contribution in [3.63, 3.8) is 0 Å². The standard InChI is InChI=1S/C9H14N2O2/c1-7(2)9-10-5-8(6-11-9)13-4-3-12/h5-7,12H,3-4H2,1-2H3.